The molecule has 4 rings (SSSR count). The van der Waals surface area contributed by atoms with Gasteiger partial charge in [0.05, 0.1) is 17.0 Å². The van der Waals surface area contributed by atoms with E-state index in [-0.39, 0.29) is 0 Å². The topological polar surface area (TPSA) is 116 Å². The summed E-state index contributed by atoms with van der Waals surface area (Å²) in [7, 11) is 0. The maximum atomic E-state index is 9.55. The summed E-state index contributed by atoms with van der Waals surface area (Å²) in [6, 6.07) is 8.61. The molecule has 0 atom stereocenters. The molecule has 3 N–H and O–H groups in total. The minimum Gasteiger partial charge on any atom is -0.478 e. The number of carbonyl (C=O) groups is 2. The van der Waals surface area contributed by atoms with Crippen molar-refractivity contribution < 1.29 is 19.8 Å². The molecule has 0 bridgehead atoms. The molecule has 0 aliphatic heterocycles. The number of carboxylic acid groups (broad SMARTS) is 2. The molecule has 0 saturated heterocycles. The van der Waals surface area contributed by atoms with E-state index in [2.05, 4.69) is 34.2 Å². The Balaban J connectivity index is 0.000000226. The number of aryl methyl sites for hydroxylation is 2. The number of aliphatic carboxylic acids is 2. The second-order valence-corrected chi connectivity index (χ2v) is 6.97. The smallest absolute Gasteiger partial charge is 0.328 e. The molecular formula is C19H17N3O4S. The number of hydrogen-bond donors (Lipinski definition) is 3. The minimum absolute atomic E-state index is 0.558. The lowest BCUT2D eigenvalue weighted by molar-refractivity contribution is -0.134. The first-order valence-electron chi connectivity index (χ1n) is 8.21. The Bertz CT molecular complexity index is 961. The zero-order valence-corrected chi connectivity index (χ0v) is 15.1. The number of rotatable bonds is 4. The Morgan fingerprint density at radius 1 is 1.15 bits per heavy atom. The van der Waals surface area contributed by atoms with Crippen LogP contribution in [0.5, 0.6) is 0 Å². The number of carboxylic acids is 2. The first-order chi connectivity index (χ1) is 13.0. The Morgan fingerprint density at radius 2 is 1.89 bits per heavy atom. The maximum absolute atomic E-state index is 9.55. The summed E-state index contributed by atoms with van der Waals surface area (Å²) in [6.45, 7) is 0. The molecule has 1 aliphatic rings. The fourth-order valence-corrected chi connectivity index (χ4v) is 3.87. The normalized spacial score (nSPS) is 12.0. The Morgan fingerprint density at radius 3 is 2.56 bits per heavy atom. The standard InChI is InChI=1S/C15H13N3S.C4H4O4/c1-2-4-12-10(3-1)5-6-13-15(12)18-14(19-13)7-11-8-16-9-17-11;5-3(6)1-2-4(7)8/h1-4,8-9H,5-7H2,(H,16,17);1-2H,(H,5,6)(H,7,8)/b;2-1+. The summed E-state index contributed by atoms with van der Waals surface area (Å²) in [4.78, 5) is 32.6. The number of benzene rings is 1. The van der Waals surface area contributed by atoms with E-state index in [4.69, 9.17) is 15.2 Å². The number of H-pyrrole nitrogens is 1. The molecule has 138 valence electrons. The monoisotopic (exact) mass is 383 g/mol. The summed E-state index contributed by atoms with van der Waals surface area (Å²) < 4.78 is 0. The number of fused-ring (bicyclic) bond motifs is 3. The molecular weight excluding hydrogens is 366 g/mol. The van der Waals surface area contributed by atoms with Crippen molar-refractivity contribution in [3.8, 4) is 11.3 Å². The van der Waals surface area contributed by atoms with Crippen LogP contribution in [0, 0.1) is 0 Å². The lowest BCUT2D eigenvalue weighted by atomic mass is 9.94. The van der Waals surface area contributed by atoms with Crippen LogP contribution in [-0.4, -0.2) is 37.1 Å². The molecule has 1 aliphatic carbocycles. The molecule has 3 aromatic rings. The summed E-state index contributed by atoms with van der Waals surface area (Å²) >= 11 is 1.84. The van der Waals surface area contributed by atoms with Gasteiger partial charge in [-0.2, -0.15) is 0 Å². The number of nitrogens with one attached hydrogen (secondary N) is 1. The van der Waals surface area contributed by atoms with Crippen LogP contribution in [0.3, 0.4) is 0 Å². The summed E-state index contributed by atoms with van der Waals surface area (Å²) in [5, 5.41) is 16.8. The third-order valence-electron chi connectivity index (χ3n) is 3.90. The fraction of sp³-hybridized carbons (Fsp3) is 0.158. The van der Waals surface area contributed by atoms with Crippen molar-refractivity contribution in [3.63, 3.8) is 0 Å². The van der Waals surface area contributed by atoms with Gasteiger partial charge in [0.1, 0.15) is 0 Å². The molecule has 2 heterocycles. The van der Waals surface area contributed by atoms with Crippen LogP contribution in [-0.2, 0) is 28.9 Å². The lowest BCUT2D eigenvalue weighted by Crippen LogP contribution is -2.01. The zero-order valence-electron chi connectivity index (χ0n) is 14.3. The number of nitrogens with zero attached hydrogens (tertiary/aromatic N) is 2. The first-order valence-corrected chi connectivity index (χ1v) is 9.02. The van der Waals surface area contributed by atoms with Gasteiger partial charge in [-0.15, -0.1) is 11.3 Å². The fourth-order valence-electron chi connectivity index (χ4n) is 2.76. The molecule has 0 saturated carbocycles. The summed E-state index contributed by atoms with van der Waals surface area (Å²) in [6.07, 6.45) is 7.80. The Labute approximate surface area is 159 Å². The molecule has 1 aromatic carbocycles. The van der Waals surface area contributed by atoms with Gasteiger partial charge in [0, 0.05) is 40.9 Å². The van der Waals surface area contributed by atoms with Gasteiger partial charge >= 0.3 is 11.9 Å². The SMILES string of the molecule is O=C(O)/C=C/C(=O)O.c1ccc2c(c1)CCc1sc(Cc3cnc[nH]3)nc1-2. The summed E-state index contributed by atoms with van der Waals surface area (Å²) in [5.74, 6) is -2.51. The van der Waals surface area contributed by atoms with Crippen LogP contribution < -0.4 is 0 Å². The molecule has 8 heteroatoms. The molecule has 0 unspecified atom stereocenters. The van der Waals surface area contributed by atoms with E-state index in [0.717, 1.165) is 25.0 Å². The Hall–Kier alpha value is -3.26. The highest BCUT2D eigenvalue weighted by Gasteiger charge is 2.20. The van der Waals surface area contributed by atoms with Crippen molar-refractivity contribution >= 4 is 23.3 Å². The zero-order chi connectivity index (χ0) is 19.2. The first kappa shape index (κ1) is 18.5. The van der Waals surface area contributed by atoms with Crippen LogP contribution in [0.4, 0.5) is 0 Å². The largest absolute Gasteiger partial charge is 0.478 e. The molecule has 7 nitrogen and oxygen atoms in total. The van der Waals surface area contributed by atoms with E-state index < -0.39 is 11.9 Å². The van der Waals surface area contributed by atoms with E-state index >= 15 is 0 Å². The van der Waals surface area contributed by atoms with Gasteiger partial charge in [0.25, 0.3) is 0 Å². The lowest BCUT2D eigenvalue weighted by Gasteiger charge is -2.13. The minimum atomic E-state index is -1.26. The average molecular weight is 383 g/mol. The van der Waals surface area contributed by atoms with Gasteiger partial charge in [-0.05, 0) is 18.4 Å². The third kappa shape index (κ3) is 4.89. The number of aromatic amines is 1. The van der Waals surface area contributed by atoms with Crippen molar-refractivity contribution in [2.45, 2.75) is 19.3 Å². The van der Waals surface area contributed by atoms with Gasteiger partial charge < -0.3 is 15.2 Å². The van der Waals surface area contributed by atoms with Gasteiger partial charge in [-0.25, -0.2) is 19.6 Å². The highest BCUT2D eigenvalue weighted by atomic mass is 32.1. The van der Waals surface area contributed by atoms with Crippen LogP contribution in [0.25, 0.3) is 11.3 Å². The van der Waals surface area contributed by atoms with Crippen LogP contribution in [0.15, 0.2) is 48.9 Å². The maximum Gasteiger partial charge on any atom is 0.328 e. The van der Waals surface area contributed by atoms with E-state index in [9.17, 15) is 9.59 Å². The van der Waals surface area contributed by atoms with Crippen molar-refractivity contribution in [2.75, 3.05) is 0 Å². The molecule has 2 aromatic heterocycles. The highest BCUT2D eigenvalue weighted by molar-refractivity contribution is 7.12. The molecule has 0 amide bonds. The van der Waals surface area contributed by atoms with Crippen molar-refractivity contribution in [1.82, 2.24) is 15.0 Å². The predicted octanol–water partition coefficient (Wildman–Crippen LogP) is 2.93. The van der Waals surface area contributed by atoms with Crippen LogP contribution >= 0.6 is 11.3 Å². The number of imidazole rings is 1. The number of thiazole rings is 1. The van der Waals surface area contributed by atoms with Gasteiger partial charge in [0.15, 0.2) is 0 Å². The van der Waals surface area contributed by atoms with Crippen molar-refractivity contribution in [3.05, 3.63) is 70.1 Å². The molecule has 0 spiro atoms. The van der Waals surface area contributed by atoms with Crippen LogP contribution in [0.1, 0.15) is 21.1 Å². The third-order valence-corrected chi connectivity index (χ3v) is 5.02. The van der Waals surface area contributed by atoms with E-state index in [1.807, 2.05) is 17.5 Å². The second-order valence-electron chi connectivity index (χ2n) is 5.80. The van der Waals surface area contributed by atoms with Crippen molar-refractivity contribution in [2.24, 2.45) is 0 Å². The van der Waals surface area contributed by atoms with Gasteiger partial charge in [-0.3, -0.25) is 0 Å². The molecule has 0 radical (unpaired) electrons. The molecule has 0 fully saturated rings. The van der Waals surface area contributed by atoms with Gasteiger partial charge in [-0.1, -0.05) is 24.3 Å². The second kappa shape index (κ2) is 8.41. The Kier molecular flexibility index (Phi) is 5.77. The predicted molar refractivity (Wildman–Crippen MR) is 101 cm³/mol. The van der Waals surface area contributed by atoms with E-state index in [0.29, 0.717) is 12.2 Å². The van der Waals surface area contributed by atoms with E-state index in [1.54, 1.807) is 6.33 Å². The quantitative estimate of drug-likeness (QED) is 0.597. The highest BCUT2D eigenvalue weighted by Crippen LogP contribution is 2.36. The average Bonchev–Trinajstić information content (AvgIpc) is 3.30. The summed E-state index contributed by atoms with van der Waals surface area (Å²) in [5.41, 5.74) is 5.06. The number of hydrogen-bond acceptors (Lipinski definition) is 5. The van der Waals surface area contributed by atoms with Crippen molar-refractivity contribution in [1.29, 1.82) is 0 Å². The van der Waals surface area contributed by atoms with E-state index in [1.165, 1.54) is 26.7 Å². The van der Waals surface area contributed by atoms with Gasteiger partial charge in [0.2, 0.25) is 0 Å². The number of aromatic nitrogens is 3. The molecule has 27 heavy (non-hydrogen) atoms. The van der Waals surface area contributed by atoms with Crippen LogP contribution in [0.2, 0.25) is 0 Å².